The molecule has 47 heavy (non-hydrogen) atoms. The van der Waals surface area contributed by atoms with Gasteiger partial charge < -0.3 is 30.0 Å². The summed E-state index contributed by atoms with van der Waals surface area (Å²) in [5, 5.41) is 9.32. The molecule has 0 bridgehead atoms. The zero-order valence-electron chi connectivity index (χ0n) is 26.2. The van der Waals surface area contributed by atoms with E-state index in [-0.39, 0.29) is 24.2 Å². The van der Waals surface area contributed by atoms with Gasteiger partial charge in [0.15, 0.2) is 0 Å². The number of hydrogen-bond donors (Lipinski definition) is 2. The van der Waals surface area contributed by atoms with E-state index in [4.69, 9.17) is 15.2 Å². The molecule has 0 amide bonds. The van der Waals surface area contributed by atoms with E-state index in [9.17, 15) is 23.1 Å². The highest BCUT2D eigenvalue weighted by Gasteiger charge is 2.31. The van der Waals surface area contributed by atoms with Crippen LogP contribution in [-0.2, 0) is 29.0 Å². The number of fused-ring (bicyclic) bond motifs is 3. The van der Waals surface area contributed by atoms with Gasteiger partial charge in [-0.15, -0.1) is 13.2 Å². The molecule has 3 N–H and O–H groups in total. The molecule has 1 aliphatic heterocycles. The number of hydrogen-bond acceptors (Lipinski definition) is 9. The van der Waals surface area contributed by atoms with Crippen LogP contribution in [0.2, 0.25) is 0 Å². The lowest BCUT2D eigenvalue weighted by Gasteiger charge is -2.37. The Bertz CT molecular complexity index is 1550. The van der Waals surface area contributed by atoms with E-state index >= 15 is 0 Å². The first-order chi connectivity index (χ1) is 22.6. The lowest BCUT2D eigenvalue weighted by Crippen LogP contribution is -2.48. The average molecular weight is 656 g/mol. The molecule has 2 aromatic carbocycles. The van der Waals surface area contributed by atoms with Crippen molar-refractivity contribution < 1.29 is 37.3 Å². The number of nitrogens with zero attached hydrogens (tertiary/aromatic N) is 4. The van der Waals surface area contributed by atoms with Crippen molar-refractivity contribution in [1.29, 1.82) is 0 Å². The number of nitrogens with two attached hydrogens (primary N) is 1. The Hall–Kier alpha value is -4.10. The molecule has 10 nitrogen and oxygen atoms in total. The number of rotatable bonds is 11. The minimum absolute atomic E-state index is 0.201. The van der Waals surface area contributed by atoms with Crippen molar-refractivity contribution in [2.24, 2.45) is 11.8 Å². The molecule has 1 aromatic heterocycles. The van der Waals surface area contributed by atoms with Crippen molar-refractivity contribution in [1.82, 2.24) is 14.9 Å². The summed E-state index contributed by atoms with van der Waals surface area (Å²) >= 11 is 0. The van der Waals surface area contributed by atoms with Gasteiger partial charge in [0.25, 0.3) is 0 Å². The summed E-state index contributed by atoms with van der Waals surface area (Å²) in [6, 6.07) is 11.5. The maximum Gasteiger partial charge on any atom is 0.573 e. The van der Waals surface area contributed by atoms with Crippen LogP contribution in [0.1, 0.15) is 42.4 Å². The predicted molar refractivity (Wildman–Crippen MR) is 169 cm³/mol. The molecule has 2 atom stereocenters. The highest BCUT2D eigenvalue weighted by molar-refractivity contribution is 5.76. The highest BCUT2D eigenvalue weighted by Crippen LogP contribution is 2.39. The second-order valence-electron chi connectivity index (χ2n) is 12.5. The van der Waals surface area contributed by atoms with Crippen molar-refractivity contribution in [3.8, 4) is 22.8 Å². The molecule has 0 radical (unpaired) electrons. The molecule has 0 spiro atoms. The molecule has 13 heteroatoms. The number of carboxylic acids is 1. The number of alkyl halides is 3. The zero-order chi connectivity index (χ0) is 33.0. The number of ether oxygens (including phenoxy) is 3. The molecule has 2 aliphatic carbocycles. The molecule has 2 fully saturated rings. The quantitative estimate of drug-likeness (QED) is 0.262. The number of halogens is 3. The third kappa shape index (κ3) is 8.44. The zero-order valence-corrected chi connectivity index (χ0v) is 26.2. The Kier molecular flexibility index (Phi) is 10.0. The molecule has 252 valence electrons. The number of benzene rings is 2. The fourth-order valence-corrected chi connectivity index (χ4v) is 6.81. The van der Waals surface area contributed by atoms with Crippen molar-refractivity contribution in [3.05, 3.63) is 59.2 Å². The first-order valence-electron chi connectivity index (χ1n) is 16.2. The van der Waals surface area contributed by atoms with Gasteiger partial charge in [0.2, 0.25) is 5.95 Å². The third-order valence-electron chi connectivity index (χ3n) is 9.25. The first kappa shape index (κ1) is 32.8. The second-order valence-corrected chi connectivity index (χ2v) is 12.5. The van der Waals surface area contributed by atoms with Crippen molar-refractivity contribution >= 4 is 17.7 Å². The molecule has 2 unspecified atom stereocenters. The largest absolute Gasteiger partial charge is 0.573 e. The fourth-order valence-electron chi connectivity index (χ4n) is 6.81. The third-order valence-corrected chi connectivity index (χ3v) is 9.25. The smallest absolute Gasteiger partial charge is 0.489 e. The Morgan fingerprint density at radius 1 is 1.00 bits per heavy atom. The molecule has 6 rings (SSSR count). The molecule has 2 heterocycles. The van der Waals surface area contributed by atoms with E-state index in [1.807, 2.05) is 18.2 Å². The molecular weight excluding hydrogens is 615 g/mol. The van der Waals surface area contributed by atoms with Crippen LogP contribution in [0.15, 0.2) is 42.5 Å². The van der Waals surface area contributed by atoms with Crippen LogP contribution in [0, 0.1) is 11.8 Å². The van der Waals surface area contributed by atoms with E-state index in [1.165, 1.54) is 12.1 Å². The van der Waals surface area contributed by atoms with Crippen molar-refractivity contribution in [3.63, 3.8) is 0 Å². The fraction of sp³-hybridized carbons (Fsp3) is 0.500. The number of aliphatic carboxylic acids is 1. The number of aromatic nitrogens is 2. The highest BCUT2D eigenvalue weighted by atomic mass is 19.4. The van der Waals surface area contributed by atoms with E-state index in [2.05, 4.69) is 24.5 Å². The summed E-state index contributed by atoms with van der Waals surface area (Å²) in [5.41, 5.74) is 10.9. The molecular formula is C34H40F3N5O5. The van der Waals surface area contributed by atoms with Gasteiger partial charge in [-0.1, -0.05) is 18.6 Å². The second kappa shape index (κ2) is 14.3. The summed E-state index contributed by atoms with van der Waals surface area (Å²) < 4.78 is 53.2. The van der Waals surface area contributed by atoms with Gasteiger partial charge in [-0.25, -0.2) is 4.98 Å². The number of carbonyl (C=O) groups is 1. The summed E-state index contributed by atoms with van der Waals surface area (Å²) in [7, 11) is 0. The minimum Gasteiger partial charge on any atom is -0.489 e. The van der Waals surface area contributed by atoms with Crippen LogP contribution < -0.4 is 20.1 Å². The lowest BCUT2D eigenvalue weighted by atomic mass is 9.82. The Morgan fingerprint density at radius 2 is 1.77 bits per heavy atom. The first-order valence-corrected chi connectivity index (χ1v) is 16.2. The van der Waals surface area contributed by atoms with Crippen molar-refractivity contribution in [2.75, 3.05) is 56.6 Å². The van der Waals surface area contributed by atoms with Gasteiger partial charge in [0.05, 0.1) is 18.2 Å². The minimum atomic E-state index is -4.73. The Balaban J connectivity index is 1.02. The van der Waals surface area contributed by atoms with Gasteiger partial charge >= 0.3 is 12.3 Å². The average Bonchev–Trinajstić information content (AvgIpc) is 3.05. The molecule has 3 aromatic rings. The van der Waals surface area contributed by atoms with Crippen LogP contribution in [0.5, 0.6) is 11.5 Å². The van der Waals surface area contributed by atoms with Gasteiger partial charge in [-0.3, -0.25) is 9.69 Å². The van der Waals surface area contributed by atoms with E-state index in [0.29, 0.717) is 31.3 Å². The number of anilines is 2. The SMILES string of the molecule is Nc1nc2c(c(N3CCN(CCOCC4CCCC(C(=O)O)C4)CC3)n1)CCc1cc(OCc3ccc(OC(F)(F)F)cc3)ccc1-2. The van der Waals surface area contributed by atoms with Gasteiger partial charge in [0.1, 0.15) is 23.9 Å². The summed E-state index contributed by atoms with van der Waals surface area (Å²) in [6.45, 7) is 5.68. The molecule has 1 saturated heterocycles. The summed E-state index contributed by atoms with van der Waals surface area (Å²) in [6.07, 6.45) is 0.307. The van der Waals surface area contributed by atoms with E-state index < -0.39 is 12.3 Å². The maximum atomic E-state index is 12.4. The number of carboxylic acid groups (broad SMARTS) is 1. The van der Waals surface area contributed by atoms with Gasteiger partial charge in [0, 0.05) is 50.5 Å². The number of nitrogen functional groups attached to an aromatic ring is 1. The Morgan fingerprint density at radius 3 is 2.51 bits per heavy atom. The monoisotopic (exact) mass is 655 g/mol. The van der Waals surface area contributed by atoms with Crippen LogP contribution >= 0.6 is 0 Å². The van der Waals surface area contributed by atoms with Crippen LogP contribution in [-0.4, -0.2) is 78.2 Å². The lowest BCUT2D eigenvalue weighted by molar-refractivity contribution is -0.274. The van der Waals surface area contributed by atoms with Crippen molar-refractivity contribution in [2.45, 2.75) is 51.5 Å². The normalized spacial score (nSPS) is 19.9. The van der Waals surface area contributed by atoms with Crippen LogP contribution in [0.4, 0.5) is 24.9 Å². The summed E-state index contributed by atoms with van der Waals surface area (Å²) in [5.74, 6) is 0.917. The molecule has 1 saturated carbocycles. The van der Waals surface area contributed by atoms with Gasteiger partial charge in [-0.2, -0.15) is 4.98 Å². The summed E-state index contributed by atoms with van der Waals surface area (Å²) in [4.78, 5) is 25.3. The van der Waals surface area contributed by atoms with E-state index in [0.717, 1.165) is 98.6 Å². The topological polar surface area (TPSA) is 123 Å². The Labute approximate surface area is 271 Å². The maximum absolute atomic E-state index is 12.4. The van der Waals surface area contributed by atoms with Crippen LogP contribution in [0.25, 0.3) is 11.3 Å². The van der Waals surface area contributed by atoms with Crippen LogP contribution in [0.3, 0.4) is 0 Å². The predicted octanol–water partition coefficient (Wildman–Crippen LogP) is 5.33. The number of aryl methyl sites for hydroxylation is 1. The van der Waals surface area contributed by atoms with Gasteiger partial charge in [-0.05, 0) is 79.5 Å². The number of piperazine rings is 1. The van der Waals surface area contributed by atoms with E-state index in [1.54, 1.807) is 12.1 Å². The standard InChI is InChI=1S/C34H40F3N5O5/c35-34(36,37)47-26-7-4-22(5-8-26)21-46-27-9-11-28-24(19-27)6-10-29-30(28)39-33(38)40-31(29)42-14-12-41(13-15-42)16-17-45-20-23-2-1-3-25(18-23)32(43)44/h4-5,7-9,11,19,23,25H,1-3,6,10,12-18,20-21H2,(H,43,44)(H2,38,39,40). The molecule has 3 aliphatic rings.